The molecule has 1 unspecified atom stereocenters. The molecule has 1 aromatic rings. The van der Waals surface area contributed by atoms with Crippen molar-refractivity contribution in [3.63, 3.8) is 0 Å². The summed E-state index contributed by atoms with van der Waals surface area (Å²) in [5.41, 5.74) is 0. The summed E-state index contributed by atoms with van der Waals surface area (Å²) in [6.07, 6.45) is 4.79. The zero-order valence-corrected chi connectivity index (χ0v) is 14.6. The van der Waals surface area contributed by atoms with Gasteiger partial charge in [-0.1, -0.05) is 0 Å². The average Bonchev–Trinajstić information content (AvgIpc) is 3.14. The molecule has 0 bridgehead atoms. The number of fused-ring (bicyclic) bond motifs is 1. The van der Waals surface area contributed by atoms with Crippen molar-refractivity contribution in [1.29, 1.82) is 0 Å². The molecular formula is C16H17N4O4S+. The Kier molecular flexibility index (Phi) is 4.84. The molecule has 1 aromatic heterocycles. The third kappa shape index (κ3) is 3.41. The topological polar surface area (TPSA) is 95.0 Å². The summed E-state index contributed by atoms with van der Waals surface area (Å²) < 4.78 is 6.51. The summed E-state index contributed by atoms with van der Waals surface area (Å²) in [5, 5.41) is 2.75. The highest BCUT2D eigenvalue weighted by molar-refractivity contribution is 8.03. The van der Waals surface area contributed by atoms with Gasteiger partial charge in [-0.05, 0) is 18.2 Å². The molecule has 0 aromatic carbocycles. The van der Waals surface area contributed by atoms with Crippen molar-refractivity contribution < 1.29 is 23.4 Å². The first-order valence-electron chi connectivity index (χ1n) is 7.57. The quantitative estimate of drug-likeness (QED) is 0.785. The molecule has 1 N–H and O–H groups in total. The number of amidine groups is 1. The van der Waals surface area contributed by atoms with E-state index >= 15 is 0 Å². The highest BCUT2D eigenvalue weighted by Crippen LogP contribution is 2.31. The van der Waals surface area contributed by atoms with Crippen LogP contribution in [0.1, 0.15) is 5.76 Å². The van der Waals surface area contributed by atoms with Gasteiger partial charge >= 0.3 is 11.9 Å². The van der Waals surface area contributed by atoms with E-state index in [-0.39, 0.29) is 17.6 Å². The van der Waals surface area contributed by atoms with Crippen molar-refractivity contribution >= 4 is 41.7 Å². The number of amides is 4. The predicted molar refractivity (Wildman–Crippen MR) is 92.4 cm³/mol. The average molecular weight is 361 g/mol. The smallest absolute Gasteiger partial charge is 0.445 e. The SMILES string of the molecule is CN1C(=O)C2C(SCC(=O)NCc3ccco3)=CC=NC2=[N+](C)C1=O. The van der Waals surface area contributed by atoms with Crippen LogP contribution in [0.15, 0.2) is 38.8 Å². The molecule has 0 radical (unpaired) electrons. The van der Waals surface area contributed by atoms with Crippen LogP contribution in [-0.4, -0.2) is 59.2 Å². The lowest BCUT2D eigenvalue weighted by molar-refractivity contribution is -0.407. The van der Waals surface area contributed by atoms with Gasteiger partial charge in [0, 0.05) is 4.91 Å². The normalized spacial score (nSPS) is 19.8. The van der Waals surface area contributed by atoms with E-state index in [9.17, 15) is 14.4 Å². The molecule has 9 heteroatoms. The van der Waals surface area contributed by atoms with Gasteiger partial charge in [0.1, 0.15) is 12.0 Å². The minimum atomic E-state index is -0.652. The first-order chi connectivity index (χ1) is 12.0. The number of imide groups is 1. The zero-order chi connectivity index (χ0) is 18.0. The van der Waals surface area contributed by atoms with Gasteiger partial charge < -0.3 is 9.73 Å². The Morgan fingerprint density at radius 1 is 1.48 bits per heavy atom. The van der Waals surface area contributed by atoms with Crippen molar-refractivity contribution in [3.05, 3.63) is 35.1 Å². The summed E-state index contributed by atoms with van der Waals surface area (Å²) in [5.74, 6) is 0.0349. The molecule has 1 atom stereocenters. The van der Waals surface area contributed by atoms with Gasteiger partial charge in [0.15, 0.2) is 5.92 Å². The molecule has 8 nitrogen and oxygen atoms in total. The molecule has 130 valence electrons. The number of allylic oxidation sites excluding steroid dienone is 1. The Labute approximate surface area is 148 Å². The van der Waals surface area contributed by atoms with Gasteiger partial charge in [0.25, 0.3) is 5.84 Å². The van der Waals surface area contributed by atoms with Crippen LogP contribution >= 0.6 is 11.8 Å². The third-order valence-corrected chi connectivity index (χ3v) is 5.00. The van der Waals surface area contributed by atoms with Gasteiger partial charge in [-0.2, -0.15) is 9.48 Å². The van der Waals surface area contributed by atoms with Crippen molar-refractivity contribution in [1.82, 2.24) is 10.2 Å². The number of furan rings is 1. The van der Waals surface area contributed by atoms with E-state index in [0.717, 1.165) is 4.90 Å². The number of aliphatic imine (C=N–C) groups is 1. The number of nitrogens with zero attached hydrogens (tertiary/aromatic N) is 3. The molecule has 0 saturated carbocycles. The predicted octanol–water partition coefficient (Wildman–Crippen LogP) is 0.846. The Morgan fingerprint density at radius 3 is 3.00 bits per heavy atom. The van der Waals surface area contributed by atoms with Crippen LogP contribution < -0.4 is 5.32 Å². The molecule has 2 aliphatic rings. The summed E-state index contributed by atoms with van der Waals surface area (Å²) in [7, 11) is 3.02. The fraction of sp³-hybridized carbons (Fsp3) is 0.312. The molecular weight excluding hydrogens is 344 g/mol. The summed E-state index contributed by atoms with van der Waals surface area (Å²) in [6, 6.07) is 3.11. The highest BCUT2D eigenvalue weighted by Gasteiger charge is 2.47. The minimum Gasteiger partial charge on any atom is -0.467 e. The summed E-state index contributed by atoms with van der Waals surface area (Å²) in [6.45, 7) is 0.312. The number of hydrogen-bond acceptors (Lipinski definition) is 6. The third-order valence-electron chi connectivity index (χ3n) is 3.89. The minimum absolute atomic E-state index is 0.152. The van der Waals surface area contributed by atoms with Crippen molar-refractivity contribution in [2.75, 3.05) is 19.8 Å². The van der Waals surface area contributed by atoms with Crippen LogP contribution in [0.5, 0.6) is 0 Å². The van der Waals surface area contributed by atoms with E-state index in [1.807, 2.05) is 0 Å². The molecule has 2 aliphatic heterocycles. The van der Waals surface area contributed by atoms with Crippen molar-refractivity contribution in [2.24, 2.45) is 10.9 Å². The molecule has 3 heterocycles. The number of rotatable bonds is 5. The lowest BCUT2D eigenvalue weighted by Crippen LogP contribution is -2.52. The standard InChI is InChI=1S/C16H16N4O4S/c1-19-14-13(15(22)20(2)16(19)23)11(5-6-17-14)25-9-12(21)18-8-10-4-3-7-24-10/h3-7,13H,8-9H2,1-2H3/p+1. The molecule has 3 rings (SSSR count). The first kappa shape index (κ1) is 17.2. The maximum absolute atomic E-state index is 12.5. The van der Waals surface area contributed by atoms with E-state index in [2.05, 4.69) is 10.3 Å². The molecule has 0 spiro atoms. The van der Waals surface area contributed by atoms with Gasteiger partial charge in [-0.3, -0.25) is 9.59 Å². The monoisotopic (exact) mass is 361 g/mol. The van der Waals surface area contributed by atoms with Gasteiger partial charge in [-0.15, -0.1) is 16.8 Å². The molecule has 4 amide bonds. The first-order valence-corrected chi connectivity index (χ1v) is 8.56. The number of urea groups is 1. The highest BCUT2D eigenvalue weighted by atomic mass is 32.2. The largest absolute Gasteiger partial charge is 0.467 e. The fourth-order valence-electron chi connectivity index (χ4n) is 2.54. The van der Waals surface area contributed by atoms with E-state index in [1.165, 1.54) is 29.6 Å². The number of carbonyl (C=O) groups excluding carboxylic acids is 3. The van der Waals surface area contributed by atoms with Crippen molar-refractivity contribution in [2.45, 2.75) is 6.54 Å². The molecule has 0 aliphatic carbocycles. The van der Waals surface area contributed by atoms with E-state index in [1.54, 1.807) is 31.5 Å². The zero-order valence-electron chi connectivity index (χ0n) is 13.8. The molecule has 0 fully saturated rings. The maximum Gasteiger partial charge on any atom is 0.445 e. The second kappa shape index (κ2) is 7.06. The van der Waals surface area contributed by atoms with Crippen LogP contribution in [0.2, 0.25) is 0 Å². The van der Waals surface area contributed by atoms with Crippen LogP contribution in [0, 0.1) is 5.92 Å². The fourth-order valence-corrected chi connectivity index (χ4v) is 3.47. The van der Waals surface area contributed by atoms with E-state index in [0.29, 0.717) is 23.0 Å². The summed E-state index contributed by atoms with van der Waals surface area (Å²) >= 11 is 1.26. The van der Waals surface area contributed by atoms with Crippen LogP contribution in [-0.2, 0) is 16.1 Å². The Bertz CT molecular complexity index is 810. The Hall–Kier alpha value is -2.68. The maximum atomic E-state index is 12.5. The van der Waals surface area contributed by atoms with Gasteiger partial charge in [0.2, 0.25) is 5.91 Å². The second-order valence-electron chi connectivity index (χ2n) is 5.52. The lowest BCUT2D eigenvalue weighted by atomic mass is 10.0. The molecule has 0 saturated heterocycles. The number of carbonyl (C=O) groups is 3. The van der Waals surface area contributed by atoms with Crippen LogP contribution in [0.25, 0.3) is 0 Å². The number of nitrogens with one attached hydrogen (secondary N) is 1. The van der Waals surface area contributed by atoms with E-state index in [4.69, 9.17) is 4.42 Å². The van der Waals surface area contributed by atoms with Crippen molar-refractivity contribution in [3.8, 4) is 0 Å². The Balaban J connectivity index is 1.65. The van der Waals surface area contributed by atoms with Crippen LogP contribution in [0.3, 0.4) is 0 Å². The number of dihydropyridines is 1. The number of hydrogen-bond donors (Lipinski definition) is 1. The summed E-state index contributed by atoms with van der Waals surface area (Å²) in [4.78, 5) is 42.4. The Morgan fingerprint density at radius 2 is 2.28 bits per heavy atom. The second-order valence-corrected chi connectivity index (χ2v) is 6.57. The van der Waals surface area contributed by atoms with Gasteiger partial charge in [-0.25, -0.2) is 4.79 Å². The lowest BCUT2D eigenvalue weighted by Gasteiger charge is -2.26. The van der Waals surface area contributed by atoms with Gasteiger partial charge in [0.05, 0.1) is 32.7 Å². The van der Waals surface area contributed by atoms with Crippen LogP contribution in [0.4, 0.5) is 4.79 Å². The van der Waals surface area contributed by atoms with E-state index < -0.39 is 11.9 Å². The molecule has 25 heavy (non-hydrogen) atoms. The number of thioether (sulfide) groups is 1.